The fourth-order valence-corrected chi connectivity index (χ4v) is 4.39. The largest absolute Gasteiger partial charge is 0.396 e. The van der Waals surface area contributed by atoms with Crippen LogP contribution in [0.3, 0.4) is 0 Å². The number of hydrogen-bond donors (Lipinski definition) is 2. The number of hydrogen-bond acceptors (Lipinski definition) is 3. The van der Waals surface area contributed by atoms with Crippen LogP contribution in [0.1, 0.15) is 44.1 Å². The van der Waals surface area contributed by atoms with Crippen molar-refractivity contribution in [2.75, 3.05) is 32.8 Å². The Bertz CT molecular complexity index is 570. The van der Waals surface area contributed by atoms with Crippen molar-refractivity contribution in [3.63, 3.8) is 0 Å². The molecule has 25 heavy (non-hydrogen) atoms. The van der Waals surface area contributed by atoms with Gasteiger partial charge in [-0.1, -0.05) is 25.0 Å². The van der Waals surface area contributed by atoms with Crippen molar-refractivity contribution >= 4 is 5.91 Å². The molecule has 0 unspecified atom stereocenters. The van der Waals surface area contributed by atoms with E-state index < -0.39 is 0 Å². The Balaban J connectivity index is 1.56. The van der Waals surface area contributed by atoms with Crippen LogP contribution < -0.4 is 5.32 Å². The standard InChI is InChI=1S/C20H29FN2O2/c21-18-7-5-17(6-8-18)20(9-1-2-10-20)15-22-19(25)13-23-11-3-4-16(12-23)14-24/h5-8,16,24H,1-4,9-15H2,(H,22,25)/t16-/m0/s1. The van der Waals surface area contributed by atoms with Crippen LogP contribution in [0, 0.1) is 11.7 Å². The van der Waals surface area contributed by atoms with Gasteiger partial charge in [-0.25, -0.2) is 4.39 Å². The molecule has 1 atom stereocenters. The first-order chi connectivity index (χ1) is 12.1. The summed E-state index contributed by atoms with van der Waals surface area (Å²) in [6.07, 6.45) is 6.46. The quantitative estimate of drug-likeness (QED) is 0.830. The molecule has 138 valence electrons. The zero-order chi connectivity index (χ0) is 17.7. The molecule has 1 amide bonds. The van der Waals surface area contributed by atoms with E-state index in [2.05, 4.69) is 10.2 Å². The second kappa shape index (κ2) is 8.28. The molecule has 1 heterocycles. The third-order valence-corrected chi connectivity index (χ3v) is 5.87. The third kappa shape index (κ3) is 4.59. The van der Waals surface area contributed by atoms with E-state index in [4.69, 9.17) is 0 Å². The summed E-state index contributed by atoms with van der Waals surface area (Å²) >= 11 is 0. The maximum atomic E-state index is 13.2. The minimum Gasteiger partial charge on any atom is -0.396 e. The number of amides is 1. The smallest absolute Gasteiger partial charge is 0.234 e. The van der Waals surface area contributed by atoms with Gasteiger partial charge in [-0.15, -0.1) is 0 Å². The Morgan fingerprint density at radius 2 is 1.96 bits per heavy atom. The Labute approximate surface area is 149 Å². The van der Waals surface area contributed by atoms with Crippen molar-refractivity contribution in [2.45, 2.75) is 43.9 Å². The molecule has 1 saturated heterocycles. The molecule has 1 saturated carbocycles. The molecular formula is C20H29FN2O2. The molecule has 0 spiro atoms. The highest BCUT2D eigenvalue weighted by molar-refractivity contribution is 5.78. The molecule has 0 bridgehead atoms. The van der Waals surface area contributed by atoms with Crippen molar-refractivity contribution in [1.82, 2.24) is 10.2 Å². The van der Waals surface area contributed by atoms with Crippen LogP contribution in [0.15, 0.2) is 24.3 Å². The molecule has 1 aliphatic carbocycles. The molecule has 1 aliphatic heterocycles. The summed E-state index contributed by atoms with van der Waals surface area (Å²) in [6, 6.07) is 6.76. The first-order valence-electron chi connectivity index (χ1n) is 9.47. The van der Waals surface area contributed by atoms with Crippen molar-refractivity contribution in [3.8, 4) is 0 Å². The number of nitrogens with one attached hydrogen (secondary N) is 1. The van der Waals surface area contributed by atoms with Crippen LogP contribution in [-0.2, 0) is 10.2 Å². The van der Waals surface area contributed by atoms with Crippen molar-refractivity contribution < 1.29 is 14.3 Å². The number of benzene rings is 1. The van der Waals surface area contributed by atoms with Gasteiger partial charge in [0.25, 0.3) is 0 Å². The maximum Gasteiger partial charge on any atom is 0.234 e. The van der Waals surface area contributed by atoms with E-state index in [0.717, 1.165) is 57.2 Å². The highest BCUT2D eigenvalue weighted by Gasteiger charge is 2.36. The zero-order valence-electron chi connectivity index (χ0n) is 14.8. The van der Waals surface area contributed by atoms with E-state index in [9.17, 15) is 14.3 Å². The van der Waals surface area contributed by atoms with Crippen molar-refractivity contribution in [2.24, 2.45) is 5.92 Å². The van der Waals surface area contributed by atoms with Crippen LogP contribution in [0.2, 0.25) is 0 Å². The monoisotopic (exact) mass is 348 g/mol. The van der Waals surface area contributed by atoms with Crippen molar-refractivity contribution in [3.05, 3.63) is 35.6 Å². The van der Waals surface area contributed by atoms with Crippen LogP contribution in [0.4, 0.5) is 4.39 Å². The summed E-state index contributed by atoms with van der Waals surface area (Å²) in [5, 5.41) is 12.4. The van der Waals surface area contributed by atoms with Gasteiger partial charge < -0.3 is 10.4 Å². The van der Waals surface area contributed by atoms with Crippen LogP contribution in [-0.4, -0.2) is 48.7 Å². The van der Waals surface area contributed by atoms with E-state index in [1.165, 1.54) is 12.1 Å². The molecule has 0 aromatic heterocycles. The van der Waals surface area contributed by atoms with E-state index in [1.54, 1.807) is 0 Å². The number of nitrogens with zero attached hydrogens (tertiary/aromatic N) is 1. The lowest BCUT2D eigenvalue weighted by Crippen LogP contribution is -2.46. The zero-order valence-corrected chi connectivity index (χ0v) is 14.8. The van der Waals surface area contributed by atoms with E-state index in [1.807, 2.05) is 12.1 Å². The molecule has 2 fully saturated rings. The number of rotatable bonds is 6. The average Bonchev–Trinajstić information content (AvgIpc) is 3.11. The lowest BCUT2D eigenvalue weighted by Gasteiger charge is -2.33. The second-order valence-corrected chi connectivity index (χ2v) is 7.70. The average molecular weight is 348 g/mol. The Hall–Kier alpha value is -1.46. The van der Waals surface area contributed by atoms with E-state index in [-0.39, 0.29) is 23.7 Å². The van der Waals surface area contributed by atoms with Crippen LogP contribution >= 0.6 is 0 Å². The normalized spacial score (nSPS) is 23.5. The maximum absolute atomic E-state index is 13.2. The van der Waals surface area contributed by atoms with Gasteiger partial charge in [0, 0.05) is 25.1 Å². The van der Waals surface area contributed by atoms with Gasteiger partial charge in [-0.05, 0) is 55.8 Å². The number of carbonyl (C=O) groups excluding carboxylic acids is 1. The molecule has 5 heteroatoms. The summed E-state index contributed by atoms with van der Waals surface area (Å²) in [6.45, 7) is 2.94. The van der Waals surface area contributed by atoms with Gasteiger partial charge in [-0.3, -0.25) is 9.69 Å². The van der Waals surface area contributed by atoms with E-state index in [0.29, 0.717) is 19.0 Å². The molecule has 1 aromatic rings. The number of aliphatic hydroxyl groups is 1. The number of halogens is 1. The summed E-state index contributed by atoms with van der Waals surface area (Å²) < 4.78 is 13.2. The second-order valence-electron chi connectivity index (χ2n) is 7.70. The Morgan fingerprint density at radius 1 is 1.24 bits per heavy atom. The van der Waals surface area contributed by atoms with Crippen LogP contribution in [0.25, 0.3) is 0 Å². The molecular weight excluding hydrogens is 319 g/mol. The topological polar surface area (TPSA) is 52.6 Å². The highest BCUT2D eigenvalue weighted by atomic mass is 19.1. The van der Waals surface area contributed by atoms with Gasteiger partial charge in [0.15, 0.2) is 0 Å². The summed E-state index contributed by atoms with van der Waals surface area (Å²) in [5.41, 5.74) is 1.07. The first-order valence-corrected chi connectivity index (χ1v) is 9.47. The molecule has 0 radical (unpaired) electrons. The fourth-order valence-electron chi connectivity index (χ4n) is 4.39. The third-order valence-electron chi connectivity index (χ3n) is 5.87. The molecule has 3 rings (SSSR count). The highest BCUT2D eigenvalue weighted by Crippen LogP contribution is 2.40. The summed E-state index contributed by atoms with van der Waals surface area (Å²) in [7, 11) is 0. The number of carbonyl (C=O) groups is 1. The number of likely N-dealkylation sites (tertiary alicyclic amines) is 1. The van der Waals surface area contributed by atoms with Gasteiger partial charge in [0.05, 0.1) is 6.54 Å². The predicted octanol–water partition coefficient (Wildman–Crippen LogP) is 2.46. The Morgan fingerprint density at radius 3 is 2.64 bits per heavy atom. The lowest BCUT2D eigenvalue weighted by atomic mass is 9.79. The molecule has 4 nitrogen and oxygen atoms in total. The summed E-state index contributed by atoms with van der Waals surface area (Å²) in [4.78, 5) is 14.6. The molecule has 1 aromatic carbocycles. The van der Waals surface area contributed by atoms with Gasteiger partial charge in [0.2, 0.25) is 5.91 Å². The number of piperidine rings is 1. The van der Waals surface area contributed by atoms with Gasteiger partial charge >= 0.3 is 0 Å². The SMILES string of the molecule is O=C(CN1CCC[C@H](CO)C1)NCC1(c2ccc(F)cc2)CCCC1. The molecule has 2 N–H and O–H groups in total. The van der Waals surface area contributed by atoms with E-state index >= 15 is 0 Å². The minimum absolute atomic E-state index is 0.0481. The van der Waals surface area contributed by atoms with Gasteiger partial charge in [-0.2, -0.15) is 0 Å². The van der Waals surface area contributed by atoms with Crippen molar-refractivity contribution in [1.29, 1.82) is 0 Å². The number of aliphatic hydroxyl groups excluding tert-OH is 1. The fraction of sp³-hybridized carbons (Fsp3) is 0.650. The Kier molecular flexibility index (Phi) is 6.07. The van der Waals surface area contributed by atoms with Gasteiger partial charge in [0.1, 0.15) is 5.82 Å². The predicted molar refractivity (Wildman–Crippen MR) is 95.8 cm³/mol. The minimum atomic E-state index is -0.218. The summed E-state index contributed by atoms with van der Waals surface area (Å²) in [5.74, 6) is 0.124. The first kappa shape index (κ1) is 18.3. The molecule has 2 aliphatic rings. The lowest BCUT2D eigenvalue weighted by molar-refractivity contribution is -0.123. The van der Waals surface area contributed by atoms with Crippen LogP contribution in [0.5, 0.6) is 0 Å².